The molecule has 1 fully saturated rings. The Labute approximate surface area is 180 Å². The van der Waals surface area contributed by atoms with Gasteiger partial charge in [0.25, 0.3) is 0 Å². The lowest BCUT2D eigenvalue weighted by molar-refractivity contribution is -0.0706. The van der Waals surface area contributed by atoms with E-state index < -0.39 is 47.5 Å². The van der Waals surface area contributed by atoms with Gasteiger partial charge in [-0.05, 0) is 59.7 Å². The Bertz CT molecular complexity index is 617. The lowest BCUT2D eigenvalue weighted by Gasteiger charge is -2.49. The van der Waals surface area contributed by atoms with Gasteiger partial charge in [0, 0.05) is 0 Å². The third kappa shape index (κ3) is 7.29. The zero-order valence-corrected chi connectivity index (χ0v) is 21.9. The van der Waals surface area contributed by atoms with Crippen molar-refractivity contribution in [3.05, 3.63) is 0 Å². The summed E-state index contributed by atoms with van der Waals surface area (Å²) in [6.45, 7) is 21.3. The molecular formula is C20H41FN2O4SSi. The summed E-state index contributed by atoms with van der Waals surface area (Å²) in [4.78, 5) is 13.6. The van der Waals surface area contributed by atoms with Crippen molar-refractivity contribution in [2.75, 3.05) is 19.7 Å². The summed E-state index contributed by atoms with van der Waals surface area (Å²) in [5.41, 5.74) is -2.36. The molecule has 0 bridgehead atoms. The van der Waals surface area contributed by atoms with Crippen molar-refractivity contribution in [1.82, 2.24) is 9.62 Å². The van der Waals surface area contributed by atoms with Gasteiger partial charge in [0.05, 0.1) is 41.5 Å². The molecule has 6 nitrogen and oxygen atoms in total. The van der Waals surface area contributed by atoms with E-state index in [1.165, 1.54) is 4.90 Å². The van der Waals surface area contributed by atoms with Crippen molar-refractivity contribution in [3.8, 4) is 0 Å². The summed E-state index contributed by atoms with van der Waals surface area (Å²) in [6, 6.07) is -0.782. The van der Waals surface area contributed by atoms with Crippen LogP contribution in [0.1, 0.15) is 62.3 Å². The van der Waals surface area contributed by atoms with Crippen molar-refractivity contribution in [2.45, 2.75) is 103 Å². The van der Waals surface area contributed by atoms with Crippen molar-refractivity contribution in [3.63, 3.8) is 0 Å². The highest BCUT2D eigenvalue weighted by molar-refractivity contribution is 7.84. The molecule has 0 aromatic rings. The number of nitrogens with zero attached hydrogens (tertiary/aromatic N) is 1. The highest BCUT2D eigenvalue weighted by atomic mass is 32.2. The summed E-state index contributed by atoms with van der Waals surface area (Å²) in [5.74, 6) is 0. The van der Waals surface area contributed by atoms with Crippen LogP contribution in [0.3, 0.4) is 0 Å². The molecule has 0 spiro atoms. The third-order valence-electron chi connectivity index (χ3n) is 5.41. The molecule has 0 aromatic heterocycles. The standard InChI is InChI=1S/C20H41FN2O4SSi/c1-17(2,3)27-16(24)23-13-20(21,14-23)15(22-28(25)18(4,5)6)12-26-29(10,11)19(7,8)9/h15,22H,12-14H2,1-11H3. The number of likely N-dealkylation sites (tertiary alicyclic amines) is 1. The van der Waals surface area contributed by atoms with Gasteiger partial charge in [-0.25, -0.2) is 18.1 Å². The maximum atomic E-state index is 15.7. The summed E-state index contributed by atoms with van der Waals surface area (Å²) >= 11 is 0. The fourth-order valence-corrected chi connectivity index (χ4v) is 4.27. The molecule has 1 saturated heterocycles. The quantitative estimate of drug-likeness (QED) is 0.607. The summed E-state index contributed by atoms with van der Waals surface area (Å²) < 4.78 is 42.4. The molecule has 1 N–H and O–H groups in total. The number of halogens is 1. The third-order valence-corrected chi connectivity index (χ3v) is 11.5. The normalized spacial score (nSPS) is 20.1. The number of carbonyl (C=O) groups excluding carboxylic acids is 1. The van der Waals surface area contributed by atoms with Crippen LogP contribution < -0.4 is 4.72 Å². The Morgan fingerprint density at radius 3 is 2.00 bits per heavy atom. The van der Waals surface area contributed by atoms with Crippen LogP contribution in [-0.2, 0) is 20.1 Å². The number of hydrogen-bond donors (Lipinski definition) is 1. The van der Waals surface area contributed by atoms with E-state index in [4.69, 9.17) is 9.16 Å². The highest BCUT2D eigenvalue weighted by Crippen LogP contribution is 2.38. The topological polar surface area (TPSA) is 67.9 Å². The Kier molecular flexibility index (Phi) is 7.82. The smallest absolute Gasteiger partial charge is 0.410 e. The molecule has 1 amide bonds. The van der Waals surface area contributed by atoms with Crippen molar-refractivity contribution in [1.29, 1.82) is 0 Å². The molecule has 0 aromatic carbocycles. The van der Waals surface area contributed by atoms with E-state index in [1.807, 2.05) is 20.8 Å². The molecule has 9 heteroatoms. The zero-order chi connectivity index (χ0) is 23.1. The molecule has 0 saturated carbocycles. The SMILES string of the molecule is CC(C)(C)OC(=O)N1CC(F)(C(CO[Si](C)(C)C(C)(C)C)NS(=O)C(C)(C)C)C1. The van der Waals surface area contributed by atoms with Crippen LogP contribution in [0.2, 0.25) is 18.1 Å². The first-order chi connectivity index (χ1) is 12.7. The Morgan fingerprint density at radius 2 is 1.62 bits per heavy atom. The van der Waals surface area contributed by atoms with E-state index in [9.17, 15) is 9.00 Å². The number of ether oxygens (including phenoxy) is 1. The predicted molar refractivity (Wildman–Crippen MR) is 120 cm³/mol. The molecule has 1 rings (SSSR count). The van der Waals surface area contributed by atoms with Crippen LogP contribution in [0.15, 0.2) is 0 Å². The van der Waals surface area contributed by atoms with E-state index in [1.54, 1.807) is 20.8 Å². The predicted octanol–water partition coefficient (Wildman–Crippen LogP) is 4.39. The minimum absolute atomic E-state index is 0.0215. The van der Waals surface area contributed by atoms with Gasteiger partial charge in [-0.15, -0.1) is 0 Å². The van der Waals surface area contributed by atoms with Crippen LogP contribution in [0.5, 0.6) is 0 Å². The first kappa shape index (κ1) is 26.5. The summed E-state index contributed by atoms with van der Waals surface area (Å²) in [6.07, 6.45) is -0.535. The number of amides is 1. The average Bonchev–Trinajstić information content (AvgIpc) is 2.43. The van der Waals surface area contributed by atoms with Crippen LogP contribution in [-0.4, -0.2) is 65.3 Å². The fourth-order valence-electron chi connectivity index (χ4n) is 2.37. The zero-order valence-electron chi connectivity index (χ0n) is 20.1. The molecule has 2 atom stereocenters. The summed E-state index contributed by atoms with van der Waals surface area (Å²) in [7, 11) is -3.57. The van der Waals surface area contributed by atoms with Crippen molar-refractivity contribution in [2.24, 2.45) is 0 Å². The van der Waals surface area contributed by atoms with Gasteiger partial charge in [0.15, 0.2) is 14.0 Å². The Hall–Kier alpha value is -0.513. The van der Waals surface area contributed by atoms with Crippen LogP contribution in [0.25, 0.3) is 0 Å². The maximum absolute atomic E-state index is 15.7. The van der Waals surface area contributed by atoms with Gasteiger partial charge < -0.3 is 14.1 Å². The van der Waals surface area contributed by atoms with Crippen molar-refractivity contribution < 1.29 is 22.6 Å². The molecule has 172 valence electrons. The number of nitrogens with one attached hydrogen (secondary N) is 1. The summed E-state index contributed by atoms with van der Waals surface area (Å²) in [5, 5.41) is -0.0215. The fraction of sp³-hybridized carbons (Fsp3) is 0.950. The molecule has 1 aliphatic heterocycles. The van der Waals surface area contributed by atoms with Gasteiger partial charge in [0.1, 0.15) is 5.60 Å². The van der Waals surface area contributed by atoms with Crippen LogP contribution >= 0.6 is 0 Å². The first-order valence-corrected chi connectivity index (χ1v) is 14.2. The van der Waals surface area contributed by atoms with Crippen molar-refractivity contribution >= 4 is 25.4 Å². The second-order valence-electron chi connectivity index (χ2n) is 11.5. The minimum Gasteiger partial charge on any atom is -0.444 e. The maximum Gasteiger partial charge on any atom is 0.410 e. The van der Waals surface area contributed by atoms with Gasteiger partial charge in [-0.2, -0.15) is 0 Å². The number of carbonyl (C=O) groups is 1. The largest absolute Gasteiger partial charge is 0.444 e. The molecule has 2 unspecified atom stereocenters. The second-order valence-corrected chi connectivity index (χ2v) is 18.3. The van der Waals surface area contributed by atoms with Gasteiger partial charge in [-0.1, -0.05) is 20.8 Å². The number of rotatable bonds is 6. The monoisotopic (exact) mass is 452 g/mol. The Balaban J connectivity index is 2.92. The van der Waals surface area contributed by atoms with E-state index in [0.29, 0.717) is 0 Å². The lowest BCUT2D eigenvalue weighted by atomic mass is 9.89. The van der Waals surface area contributed by atoms with Gasteiger partial charge >= 0.3 is 6.09 Å². The molecular weight excluding hydrogens is 411 g/mol. The average molecular weight is 453 g/mol. The minimum atomic E-state index is -2.11. The molecule has 29 heavy (non-hydrogen) atoms. The van der Waals surface area contributed by atoms with E-state index >= 15 is 4.39 Å². The van der Waals surface area contributed by atoms with Gasteiger partial charge in [0.2, 0.25) is 0 Å². The lowest BCUT2D eigenvalue weighted by Crippen LogP contribution is -2.71. The number of hydrogen-bond acceptors (Lipinski definition) is 4. The molecule has 1 aliphatic rings. The van der Waals surface area contributed by atoms with E-state index in [0.717, 1.165) is 0 Å². The van der Waals surface area contributed by atoms with Crippen LogP contribution in [0, 0.1) is 0 Å². The molecule has 0 radical (unpaired) electrons. The van der Waals surface area contributed by atoms with Crippen LogP contribution in [0.4, 0.5) is 9.18 Å². The van der Waals surface area contributed by atoms with E-state index in [-0.39, 0.29) is 24.7 Å². The van der Waals surface area contributed by atoms with E-state index in [2.05, 4.69) is 38.6 Å². The first-order valence-electron chi connectivity index (χ1n) is 10.2. The Morgan fingerprint density at radius 1 is 1.14 bits per heavy atom. The number of alkyl halides is 1. The second kappa shape index (κ2) is 8.55. The van der Waals surface area contributed by atoms with Gasteiger partial charge in [-0.3, -0.25) is 0 Å². The molecule has 1 heterocycles. The molecule has 0 aliphatic carbocycles. The highest BCUT2D eigenvalue weighted by Gasteiger charge is 2.54.